The summed E-state index contributed by atoms with van der Waals surface area (Å²) in [6, 6.07) is 0.610. The van der Waals surface area contributed by atoms with Crippen LogP contribution < -0.4 is 5.32 Å². The van der Waals surface area contributed by atoms with Gasteiger partial charge in [0.25, 0.3) is 0 Å². The lowest BCUT2D eigenvalue weighted by Gasteiger charge is -2.40. The van der Waals surface area contributed by atoms with Crippen LogP contribution in [0.15, 0.2) is 0 Å². The van der Waals surface area contributed by atoms with E-state index in [9.17, 15) is 0 Å². The number of hydrogen-bond acceptors (Lipinski definition) is 2. The molecule has 0 amide bonds. The summed E-state index contributed by atoms with van der Waals surface area (Å²) >= 11 is 0. The maximum Gasteiger partial charge on any atom is 0.0471 e. The molecule has 0 radical (unpaired) electrons. The van der Waals surface area contributed by atoms with Gasteiger partial charge in [0.05, 0.1) is 0 Å². The van der Waals surface area contributed by atoms with E-state index < -0.39 is 0 Å². The lowest BCUT2D eigenvalue weighted by atomic mass is 9.73. The Balaban J connectivity index is 1.90. The van der Waals surface area contributed by atoms with Crippen LogP contribution in [0.1, 0.15) is 58.8 Å². The molecule has 0 unspecified atom stereocenters. The molecule has 0 aromatic heterocycles. The smallest absolute Gasteiger partial charge is 0.0471 e. The quantitative estimate of drug-likeness (QED) is 0.794. The highest BCUT2D eigenvalue weighted by atomic mass is 16.5. The van der Waals surface area contributed by atoms with Crippen LogP contribution in [0, 0.1) is 11.3 Å². The first-order valence-electron chi connectivity index (χ1n) is 7.51. The Morgan fingerprint density at radius 1 is 1.18 bits per heavy atom. The highest BCUT2D eigenvalue weighted by Crippen LogP contribution is 2.41. The van der Waals surface area contributed by atoms with E-state index in [1.54, 1.807) is 0 Å². The molecule has 100 valence electrons. The third-order valence-electron chi connectivity index (χ3n) is 4.64. The lowest BCUT2D eigenvalue weighted by Crippen LogP contribution is -2.42. The second kappa shape index (κ2) is 6.19. The fourth-order valence-corrected chi connectivity index (χ4v) is 3.50. The van der Waals surface area contributed by atoms with E-state index in [-0.39, 0.29) is 0 Å². The van der Waals surface area contributed by atoms with Gasteiger partial charge in [0.2, 0.25) is 0 Å². The second-order valence-electron chi connectivity index (χ2n) is 6.50. The molecule has 0 aromatic carbocycles. The van der Waals surface area contributed by atoms with Crippen LogP contribution in [0.2, 0.25) is 0 Å². The SMILES string of the molecule is CC(C)NCC1(CC2CCCC2)CCOCC1. The molecule has 2 nitrogen and oxygen atoms in total. The third-order valence-corrected chi connectivity index (χ3v) is 4.64. The molecule has 2 fully saturated rings. The van der Waals surface area contributed by atoms with Crippen molar-refractivity contribution in [2.75, 3.05) is 19.8 Å². The normalized spacial score (nSPS) is 25.6. The third kappa shape index (κ3) is 3.96. The van der Waals surface area contributed by atoms with Crippen molar-refractivity contribution in [1.29, 1.82) is 0 Å². The van der Waals surface area contributed by atoms with Gasteiger partial charge in [-0.1, -0.05) is 39.5 Å². The molecule has 2 heteroatoms. The number of ether oxygens (including phenoxy) is 1. The summed E-state index contributed by atoms with van der Waals surface area (Å²) in [7, 11) is 0. The molecule has 1 N–H and O–H groups in total. The molecule has 0 spiro atoms. The molecule has 1 heterocycles. The molecule has 1 saturated heterocycles. The Labute approximate surface area is 107 Å². The average Bonchev–Trinajstić information content (AvgIpc) is 2.80. The van der Waals surface area contributed by atoms with Gasteiger partial charge in [0, 0.05) is 25.8 Å². The maximum absolute atomic E-state index is 5.57. The first-order valence-corrected chi connectivity index (χ1v) is 7.51. The molecule has 1 aliphatic carbocycles. The van der Waals surface area contributed by atoms with E-state index in [1.807, 2.05) is 0 Å². The van der Waals surface area contributed by atoms with Crippen LogP contribution >= 0.6 is 0 Å². The minimum absolute atomic E-state index is 0.539. The van der Waals surface area contributed by atoms with Crippen LogP contribution in [0.5, 0.6) is 0 Å². The number of rotatable bonds is 5. The molecular formula is C15H29NO. The first-order chi connectivity index (χ1) is 8.20. The first kappa shape index (κ1) is 13.4. The molecule has 0 atom stereocenters. The van der Waals surface area contributed by atoms with Gasteiger partial charge in [-0.25, -0.2) is 0 Å². The van der Waals surface area contributed by atoms with Crippen molar-refractivity contribution in [2.45, 2.75) is 64.8 Å². The molecular weight excluding hydrogens is 210 g/mol. The van der Waals surface area contributed by atoms with E-state index in [2.05, 4.69) is 19.2 Å². The Bertz CT molecular complexity index is 215. The highest BCUT2D eigenvalue weighted by molar-refractivity contribution is 4.88. The van der Waals surface area contributed by atoms with Crippen LogP contribution in [0.25, 0.3) is 0 Å². The van der Waals surface area contributed by atoms with Crippen molar-refractivity contribution in [3.63, 3.8) is 0 Å². The van der Waals surface area contributed by atoms with E-state index >= 15 is 0 Å². The van der Waals surface area contributed by atoms with Crippen molar-refractivity contribution in [3.05, 3.63) is 0 Å². The minimum Gasteiger partial charge on any atom is -0.381 e. The Morgan fingerprint density at radius 2 is 1.82 bits per heavy atom. The van der Waals surface area contributed by atoms with Crippen LogP contribution in [-0.2, 0) is 4.74 Å². The van der Waals surface area contributed by atoms with Gasteiger partial charge in [-0.3, -0.25) is 0 Å². The summed E-state index contributed by atoms with van der Waals surface area (Å²) in [6.45, 7) is 7.66. The Morgan fingerprint density at radius 3 is 2.41 bits per heavy atom. The van der Waals surface area contributed by atoms with Gasteiger partial charge in [0.1, 0.15) is 0 Å². The van der Waals surface area contributed by atoms with E-state index in [0.717, 1.165) is 19.1 Å². The van der Waals surface area contributed by atoms with Crippen LogP contribution in [-0.4, -0.2) is 25.8 Å². The number of nitrogens with one attached hydrogen (secondary N) is 1. The van der Waals surface area contributed by atoms with Crippen molar-refractivity contribution >= 4 is 0 Å². The topological polar surface area (TPSA) is 21.3 Å². The number of hydrogen-bond donors (Lipinski definition) is 1. The summed E-state index contributed by atoms with van der Waals surface area (Å²) in [6.07, 6.45) is 9.86. The van der Waals surface area contributed by atoms with Crippen molar-refractivity contribution in [1.82, 2.24) is 5.32 Å². The fourth-order valence-electron chi connectivity index (χ4n) is 3.50. The zero-order valence-electron chi connectivity index (χ0n) is 11.6. The molecule has 2 rings (SSSR count). The molecule has 1 aliphatic heterocycles. The Kier molecular flexibility index (Phi) is 4.87. The molecule has 0 aromatic rings. The molecule has 2 aliphatic rings. The average molecular weight is 239 g/mol. The van der Waals surface area contributed by atoms with Gasteiger partial charge >= 0.3 is 0 Å². The summed E-state index contributed by atoms with van der Waals surface area (Å²) in [4.78, 5) is 0. The zero-order valence-corrected chi connectivity index (χ0v) is 11.6. The van der Waals surface area contributed by atoms with Gasteiger partial charge in [0.15, 0.2) is 0 Å². The van der Waals surface area contributed by atoms with Gasteiger partial charge < -0.3 is 10.1 Å². The zero-order chi connectivity index (χ0) is 12.1. The summed E-state index contributed by atoms with van der Waals surface area (Å²) in [5, 5.41) is 3.67. The maximum atomic E-state index is 5.57. The molecule has 1 saturated carbocycles. The van der Waals surface area contributed by atoms with E-state index in [1.165, 1.54) is 51.5 Å². The lowest BCUT2D eigenvalue weighted by molar-refractivity contribution is 0.00157. The largest absolute Gasteiger partial charge is 0.381 e. The second-order valence-corrected chi connectivity index (χ2v) is 6.50. The Hall–Kier alpha value is -0.0800. The van der Waals surface area contributed by atoms with Gasteiger partial charge in [-0.05, 0) is 30.6 Å². The highest BCUT2D eigenvalue weighted by Gasteiger charge is 2.35. The fraction of sp³-hybridized carbons (Fsp3) is 1.00. The van der Waals surface area contributed by atoms with Crippen molar-refractivity contribution < 1.29 is 4.74 Å². The summed E-state index contributed by atoms with van der Waals surface area (Å²) < 4.78 is 5.57. The minimum atomic E-state index is 0.539. The van der Waals surface area contributed by atoms with Crippen LogP contribution in [0.4, 0.5) is 0 Å². The van der Waals surface area contributed by atoms with Crippen molar-refractivity contribution in [3.8, 4) is 0 Å². The standard InChI is InChI=1S/C15H29NO/c1-13(2)16-12-15(7-9-17-10-8-15)11-14-5-3-4-6-14/h13-14,16H,3-12H2,1-2H3. The predicted molar refractivity (Wildman–Crippen MR) is 72.2 cm³/mol. The van der Waals surface area contributed by atoms with E-state index in [4.69, 9.17) is 4.74 Å². The molecule has 0 bridgehead atoms. The van der Waals surface area contributed by atoms with E-state index in [0.29, 0.717) is 11.5 Å². The van der Waals surface area contributed by atoms with Gasteiger partial charge in [-0.2, -0.15) is 0 Å². The summed E-state index contributed by atoms with van der Waals surface area (Å²) in [5.74, 6) is 1.00. The van der Waals surface area contributed by atoms with Crippen LogP contribution in [0.3, 0.4) is 0 Å². The van der Waals surface area contributed by atoms with Crippen molar-refractivity contribution in [2.24, 2.45) is 11.3 Å². The summed E-state index contributed by atoms with van der Waals surface area (Å²) in [5.41, 5.74) is 0.539. The molecule has 17 heavy (non-hydrogen) atoms. The monoisotopic (exact) mass is 239 g/mol. The van der Waals surface area contributed by atoms with Gasteiger partial charge in [-0.15, -0.1) is 0 Å². The predicted octanol–water partition coefficient (Wildman–Crippen LogP) is 3.36.